The van der Waals surface area contributed by atoms with Crippen LogP contribution in [-0.2, 0) is 11.2 Å². The zero-order chi connectivity index (χ0) is 14.3. The van der Waals surface area contributed by atoms with Crippen molar-refractivity contribution in [1.82, 2.24) is 0 Å². The maximum Gasteiger partial charge on any atom is 0.239 e. The Morgan fingerprint density at radius 2 is 2.20 bits per heavy atom. The van der Waals surface area contributed by atoms with Gasteiger partial charge in [0.2, 0.25) is 5.91 Å². The zero-order valence-electron chi connectivity index (χ0n) is 12.1. The van der Waals surface area contributed by atoms with Crippen LogP contribution in [-0.4, -0.2) is 24.5 Å². The van der Waals surface area contributed by atoms with Crippen LogP contribution in [0.4, 0.5) is 5.69 Å². The number of carbonyl (C=O) groups excluding carboxylic acids is 1. The van der Waals surface area contributed by atoms with Crippen LogP contribution in [0.2, 0.25) is 0 Å². The van der Waals surface area contributed by atoms with Crippen LogP contribution in [0.1, 0.15) is 30.4 Å². The van der Waals surface area contributed by atoms with E-state index in [-0.39, 0.29) is 11.8 Å². The van der Waals surface area contributed by atoms with E-state index in [0.29, 0.717) is 6.54 Å². The highest BCUT2D eigenvalue weighted by Crippen LogP contribution is 2.40. The summed E-state index contributed by atoms with van der Waals surface area (Å²) in [6.45, 7) is 3.61. The normalized spacial score (nSPS) is 21.2. The highest BCUT2D eigenvalue weighted by molar-refractivity contribution is 5.86. The number of amides is 1. The highest BCUT2D eigenvalue weighted by Gasteiger charge is 2.48. The molecule has 0 radical (unpaired) electrons. The van der Waals surface area contributed by atoms with Crippen molar-refractivity contribution in [3.63, 3.8) is 0 Å². The van der Waals surface area contributed by atoms with Crippen molar-refractivity contribution in [2.75, 3.05) is 18.0 Å². The fourth-order valence-corrected chi connectivity index (χ4v) is 3.29. The monoisotopic (exact) mass is 273 g/mol. The molecule has 1 fully saturated rings. The first kappa shape index (κ1) is 13.4. The summed E-state index contributed by atoms with van der Waals surface area (Å²) in [5.74, 6) is -0.102. The zero-order valence-corrected chi connectivity index (χ0v) is 12.1. The molecule has 0 aromatic heterocycles. The molecule has 20 heavy (non-hydrogen) atoms. The minimum Gasteiger partial charge on any atom is -0.369 e. The maximum absolute atomic E-state index is 11.8. The van der Waals surface area contributed by atoms with E-state index in [1.807, 2.05) is 0 Å². The summed E-state index contributed by atoms with van der Waals surface area (Å²) in [5.41, 5.74) is 14.9. The second kappa shape index (κ2) is 4.77. The van der Waals surface area contributed by atoms with Gasteiger partial charge in [0.1, 0.15) is 5.54 Å². The molecule has 0 spiro atoms. The molecular formula is C16H23N3O. The SMILES string of the molecule is Cc1ccc2c(c1)CCCN2CC(N)(C(N)=O)C1CC1. The summed E-state index contributed by atoms with van der Waals surface area (Å²) in [6, 6.07) is 6.51. The van der Waals surface area contributed by atoms with E-state index in [2.05, 4.69) is 30.0 Å². The van der Waals surface area contributed by atoms with Crippen molar-refractivity contribution in [3.05, 3.63) is 29.3 Å². The molecule has 1 aromatic carbocycles. The van der Waals surface area contributed by atoms with Crippen LogP contribution in [0.3, 0.4) is 0 Å². The standard InChI is InChI=1S/C16H23N3O/c1-11-4-7-14-12(9-11)3-2-8-19(14)10-16(18,15(17)20)13-5-6-13/h4,7,9,13H,2-3,5-6,8,10,18H2,1H3,(H2,17,20). The number of anilines is 1. The molecular weight excluding hydrogens is 250 g/mol. The van der Waals surface area contributed by atoms with Gasteiger partial charge in [0.25, 0.3) is 0 Å². The van der Waals surface area contributed by atoms with E-state index < -0.39 is 5.54 Å². The average molecular weight is 273 g/mol. The van der Waals surface area contributed by atoms with Gasteiger partial charge in [-0.05, 0) is 50.2 Å². The Morgan fingerprint density at radius 3 is 2.85 bits per heavy atom. The van der Waals surface area contributed by atoms with Gasteiger partial charge < -0.3 is 16.4 Å². The van der Waals surface area contributed by atoms with Gasteiger partial charge in [0, 0.05) is 18.8 Å². The van der Waals surface area contributed by atoms with Crippen molar-refractivity contribution in [2.45, 2.75) is 38.1 Å². The van der Waals surface area contributed by atoms with Crippen LogP contribution in [0.15, 0.2) is 18.2 Å². The second-order valence-electron chi connectivity index (χ2n) is 6.34. The van der Waals surface area contributed by atoms with E-state index in [9.17, 15) is 4.79 Å². The molecule has 2 aliphatic rings. The summed E-state index contributed by atoms with van der Waals surface area (Å²) in [5, 5.41) is 0. The van der Waals surface area contributed by atoms with Crippen molar-refractivity contribution in [1.29, 1.82) is 0 Å². The Morgan fingerprint density at radius 1 is 1.45 bits per heavy atom. The molecule has 1 atom stereocenters. The van der Waals surface area contributed by atoms with Crippen molar-refractivity contribution in [2.24, 2.45) is 17.4 Å². The van der Waals surface area contributed by atoms with Gasteiger partial charge in [-0.15, -0.1) is 0 Å². The van der Waals surface area contributed by atoms with E-state index >= 15 is 0 Å². The van der Waals surface area contributed by atoms with E-state index in [4.69, 9.17) is 11.5 Å². The number of primary amides is 1. The first-order valence-corrected chi connectivity index (χ1v) is 7.44. The van der Waals surface area contributed by atoms with Gasteiger partial charge in [-0.3, -0.25) is 4.79 Å². The smallest absolute Gasteiger partial charge is 0.239 e. The van der Waals surface area contributed by atoms with Crippen LogP contribution in [0, 0.1) is 12.8 Å². The van der Waals surface area contributed by atoms with Gasteiger partial charge in [0.05, 0.1) is 0 Å². The number of carbonyl (C=O) groups is 1. The van der Waals surface area contributed by atoms with Crippen LogP contribution < -0.4 is 16.4 Å². The lowest BCUT2D eigenvalue weighted by molar-refractivity contribution is -0.123. The molecule has 0 bridgehead atoms. The lowest BCUT2D eigenvalue weighted by Crippen LogP contribution is -2.61. The molecule has 3 rings (SSSR count). The minimum absolute atomic E-state index is 0.260. The predicted octanol–water partition coefficient (Wildman–Crippen LogP) is 1.34. The number of hydrogen-bond donors (Lipinski definition) is 2. The molecule has 1 aromatic rings. The maximum atomic E-state index is 11.8. The molecule has 1 amide bonds. The Kier molecular flexibility index (Phi) is 3.21. The molecule has 1 aliphatic heterocycles. The summed E-state index contributed by atoms with van der Waals surface area (Å²) >= 11 is 0. The van der Waals surface area contributed by atoms with E-state index in [1.165, 1.54) is 16.8 Å². The summed E-state index contributed by atoms with van der Waals surface area (Å²) < 4.78 is 0. The highest BCUT2D eigenvalue weighted by atomic mass is 16.1. The number of benzene rings is 1. The van der Waals surface area contributed by atoms with E-state index in [1.54, 1.807) is 0 Å². The largest absolute Gasteiger partial charge is 0.369 e. The van der Waals surface area contributed by atoms with Crippen LogP contribution in [0.25, 0.3) is 0 Å². The Labute approximate surface area is 120 Å². The molecule has 108 valence electrons. The van der Waals surface area contributed by atoms with Gasteiger partial charge in [0.15, 0.2) is 0 Å². The molecule has 1 aliphatic carbocycles. The quantitative estimate of drug-likeness (QED) is 0.869. The number of aryl methyl sites for hydroxylation is 2. The molecule has 0 saturated heterocycles. The minimum atomic E-state index is -0.875. The van der Waals surface area contributed by atoms with Gasteiger partial charge >= 0.3 is 0 Å². The first-order chi connectivity index (χ1) is 9.50. The third kappa shape index (κ3) is 2.29. The number of nitrogens with two attached hydrogens (primary N) is 2. The molecule has 4 N–H and O–H groups in total. The van der Waals surface area contributed by atoms with Crippen molar-refractivity contribution in [3.8, 4) is 0 Å². The van der Waals surface area contributed by atoms with Gasteiger partial charge in [-0.2, -0.15) is 0 Å². The summed E-state index contributed by atoms with van der Waals surface area (Å²) in [4.78, 5) is 14.1. The van der Waals surface area contributed by atoms with E-state index in [0.717, 1.165) is 32.2 Å². The Balaban J connectivity index is 1.87. The predicted molar refractivity (Wildman–Crippen MR) is 80.5 cm³/mol. The number of nitrogens with zero attached hydrogens (tertiary/aromatic N) is 1. The van der Waals surface area contributed by atoms with Crippen molar-refractivity contribution >= 4 is 11.6 Å². The first-order valence-electron chi connectivity index (χ1n) is 7.44. The Hall–Kier alpha value is -1.55. The third-order valence-corrected chi connectivity index (χ3v) is 4.67. The number of hydrogen-bond acceptors (Lipinski definition) is 3. The van der Waals surface area contributed by atoms with Crippen LogP contribution >= 0.6 is 0 Å². The average Bonchev–Trinajstić information content (AvgIpc) is 3.22. The Bertz CT molecular complexity index is 539. The van der Waals surface area contributed by atoms with Crippen molar-refractivity contribution < 1.29 is 4.79 Å². The lowest BCUT2D eigenvalue weighted by Gasteiger charge is -2.38. The molecule has 1 saturated carbocycles. The lowest BCUT2D eigenvalue weighted by atomic mass is 9.90. The topological polar surface area (TPSA) is 72.3 Å². The summed E-state index contributed by atoms with van der Waals surface area (Å²) in [7, 11) is 0. The molecule has 4 nitrogen and oxygen atoms in total. The fourth-order valence-electron chi connectivity index (χ4n) is 3.29. The third-order valence-electron chi connectivity index (χ3n) is 4.67. The van der Waals surface area contributed by atoms with Crippen LogP contribution in [0.5, 0.6) is 0 Å². The fraction of sp³-hybridized carbons (Fsp3) is 0.562. The van der Waals surface area contributed by atoms with Gasteiger partial charge in [-0.25, -0.2) is 0 Å². The molecule has 4 heteroatoms. The second-order valence-corrected chi connectivity index (χ2v) is 6.34. The number of fused-ring (bicyclic) bond motifs is 1. The molecule has 1 unspecified atom stereocenters. The number of rotatable bonds is 4. The molecule has 1 heterocycles. The van der Waals surface area contributed by atoms with Gasteiger partial charge in [-0.1, -0.05) is 17.7 Å². The summed E-state index contributed by atoms with van der Waals surface area (Å²) in [6.07, 6.45) is 4.25.